The van der Waals surface area contributed by atoms with Crippen molar-refractivity contribution in [2.75, 3.05) is 59.4 Å². The van der Waals surface area contributed by atoms with Gasteiger partial charge in [-0.25, -0.2) is 4.79 Å². The number of alkyl halides is 3. The van der Waals surface area contributed by atoms with Crippen LogP contribution in [0.4, 0.5) is 18.0 Å². The van der Waals surface area contributed by atoms with Gasteiger partial charge in [-0.1, -0.05) is 19.1 Å². The molecular formula is C28H42F3N5O2. The number of piperidine rings is 2. The van der Waals surface area contributed by atoms with Gasteiger partial charge < -0.3 is 20.0 Å². The molecule has 0 aromatic heterocycles. The molecule has 3 fully saturated rings. The van der Waals surface area contributed by atoms with Gasteiger partial charge in [0.15, 0.2) is 0 Å². The van der Waals surface area contributed by atoms with Crippen LogP contribution in [0.5, 0.6) is 0 Å². The smallest absolute Gasteiger partial charge is 0.341 e. The van der Waals surface area contributed by atoms with Crippen molar-refractivity contribution in [2.45, 2.75) is 70.1 Å². The Labute approximate surface area is 224 Å². The molecule has 0 radical (unpaired) electrons. The zero-order valence-electron chi connectivity index (χ0n) is 22.7. The molecule has 1 aromatic carbocycles. The number of rotatable bonds is 6. The standard InChI is InChI=1S/C28H42F3N5O2/c1-3-22-8-7-21(19-24(22)28(29,30)31)20-25(32-27(38)36-11-5-4-6-12-36)26(37)35-13-9-23(10-14-35)34-17-15-33(2)16-18-34/h7-8,19,23,25H,3-6,9-18,20H2,1-2H3,(H,32,38)/t25-/m1/s1. The molecule has 0 saturated carbocycles. The van der Waals surface area contributed by atoms with Crippen molar-refractivity contribution in [1.29, 1.82) is 0 Å². The Morgan fingerprint density at radius 1 is 0.947 bits per heavy atom. The normalized spacial score (nSPS) is 21.4. The molecule has 0 bridgehead atoms. The molecule has 4 rings (SSSR count). The first-order valence-electron chi connectivity index (χ1n) is 14.1. The van der Waals surface area contributed by atoms with E-state index in [1.807, 2.05) is 0 Å². The SMILES string of the molecule is CCc1ccc(C[C@@H](NC(=O)N2CCCCC2)C(=O)N2CCC(N3CCN(C)CC3)CC2)cc1C(F)(F)F. The number of likely N-dealkylation sites (N-methyl/N-ethyl adjacent to an activating group) is 1. The lowest BCUT2D eigenvalue weighted by atomic mass is 9.96. The van der Waals surface area contributed by atoms with Gasteiger partial charge in [0.2, 0.25) is 5.91 Å². The summed E-state index contributed by atoms with van der Waals surface area (Å²) >= 11 is 0. The summed E-state index contributed by atoms with van der Waals surface area (Å²) in [7, 11) is 2.13. The van der Waals surface area contributed by atoms with E-state index >= 15 is 0 Å². The van der Waals surface area contributed by atoms with Crippen molar-refractivity contribution < 1.29 is 22.8 Å². The van der Waals surface area contributed by atoms with E-state index in [2.05, 4.69) is 22.2 Å². The molecule has 38 heavy (non-hydrogen) atoms. The molecule has 212 valence electrons. The van der Waals surface area contributed by atoms with Crippen LogP contribution in [0.1, 0.15) is 55.7 Å². The minimum atomic E-state index is -4.47. The quantitative estimate of drug-likeness (QED) is 0.603. The minimum absolute atomic E-state index is 0.0316. The van der Waals surface area contributed by atoms with Crippen LogP contribution in [0.2, 0.25) is 0 Å². The van der Waals surface area contributed by atoms with Gasteiger partial charge in [-0.05, 0) is 62.8 Å². The van der Waals surface area contributed by atoms with Crippen molar-refractivity contribution in [3.8, 4) is 0 Å². The first kappa shape index (κ1) is 28.7. The molecule has 1 N–H and O–H groups in total. The maximum atomic E-state index is 13.7. The number of amides is 3. The summed E-state index contributed by atoms with van der Waals surface area (Å²) in [5.41, 5.74) is -0.0364. The number of piperazine rings is 1. The molecule has 10 heteroatoms. The van der Waals surface area contributed by atoms with Crippen LogP contribution in [-0.4, -0.2) is 103 Å². The zero-order valence-corrected chi connectivity index (χ0v) is 22.7. The van der Waals surface area contributed by atoms with E-state index in [9.17, 15) is 22.8 Å². The Balaban J connectivity index is 1.47. The highest BCUT2D eigenvalue weighted by Gasteiger charge is 2.35. The molecule has 0 unspecified atom stereocenters. The number of nitrogens with zero attached hydrogens (tertiary/aromatic N) is 4. The Morgan fingerprint density at radius 3 is 2.21 bits per heavy atom. The number of nitrogens with one attached hydrogen (secondary N) is 1. The third-order valence-corrected chi connectivity index (χ3v) is 8.37. The van der Waals surface area contributed by atoms with Crippen molar-refractivity contribution in [3.05, 3.63) is 34.9 Å². The summed E-state index contributed by atoms with van der Waals surface area (Å²) in [6.07, 6.45) is 0.465. The molecule has 3 heterocycles. The fraction of sp³-hybridized carbons (Fsp3) is 0.714. The van der Waals surface area contributed by atoms with Crippen LogP contribution in [0.15, 0.2) is 18.2 Å². The zero-order chi connectivity index (χ0) is 27.3. The van der Waals surface area contributed by atoms with Crippen LogP contribution in [0.3, 0.4) is 0 Å². The van der Waals surface area contributed by atoms with E-state index in [0.29, 0.717) is 37.8 Å². The van der Waals surface area contributed by atoms with Crippen LogP contribution >= 0.6 is 0 Å². The predicted octanol–water partition coefficient (Wildman–Crippen LogP) is 3.61. The lowest BCUT2D eigenvalue weighted by molar-refractivity contribution is -0.138. The Bertz CT molecular complexity index is 950. The minimum Gasteiger partial charge on any atom is -0.341 e. The van der Waals surface area contributed by atoms with Gasteiger partial charge in [0.1, 0.15) is 6.04 Å². The van der Waals surface area contributed by atoms with E-state index < -0.39 is 17.8 Å². The lowest BCUT2D eigenvalue weighted by Gasteiger charge is -2.42. The van der Waals surface area contributed by atoms with Crippen molar-refractivity contribution in [3.63, 3.8) is 0 Å². The molecule has 7 nitrogen and oxygen atoms in total. The highest BCUT2D eigenvalue weighted by atomic mass is 19.4. The van der Waals surface area contributed by atoms with E-state index in [0.717, 1.165) is 64.3 Å². The molecule has 0 aliphatic carbocycles. The van der Waals surface area contributed by atoms with Crippen molar-refractivity contribution in [1.82, 2.24) is 24.9 Å². The number of aryl methyl sites for hydroxylation is 1. The molecule has 3 saturated heterocycles. The summed E-state index contributed by atoms with van der Waals surface area (Å²) in [6.45, 7) is 8.28. The second-order valence-corrected chi connectivity index (χ2v) is 11.0. The molecule has 0 spiro atoms. The van der Waals surface area contributed by atoms with Gasteiger partial charge in [0.25, 0.3) is 0 Å². The summed E-state index contributed by atoms with van der Waals surface area (Å²) in [5.74, 6) is -0.208. The third-order valence-electron chi connectivity index (χ3n) is 8.37. The fourth-order valence-electron chi connectivity index (χ4n) is 5.95. The number of carbonyl (C=O) groups is 2. The van der Waals surface area contributed by atoms with Gasteiger partial charge in [-0.3, -0.25) is 9.69 Å². The molecular weight excluding hydrogens is 495 g/mol. The van der Waals surface area contributed by atoms with Gasteiger partial charge in [0, 0.05) is 64.8 Å². The van der Waals surface area contributed by atoms with Crippen LogP contribution < -0.4 is 5.32 Å². The Kier molecular flexibility index (Phi) is 9.57. The number of halogens is 3. The summed E-state index contributed by atoms with van der Waals surface area (Å²) in [5, 5.41) is 2.90. The maximum Gasteiger partial charge on any atom is 0.416 e. The number of urea groups is 1. The van der Waals surface area contributed by atoms with Gasteiger partial charge in [-0.2, -0.15) is 13.2 Å². The fourth-order valence-corrected chi connectivity index (χ4v) is 5.95. The van der Waals surface area contributed by atoms with Gasteiger partial charge in [0.05, 0.1) is 5.56 Å². The van der Waals surface area contributed by atoms with Crippen molar-refractivity contribution in [2.24, 2.45) is 0 Å². The second kappa shape index (κ2) is 12.7. The lowest BCUT2D eigenvalue weighted by Crippen LogP contribution is -2.57. The summed E-state index contributed by atoms with van der Waals surface area (Å²) < 4.78 is 41.1. The molecule has 3 aliphatic rings. The summed E-state index contributed by atoms with van der Waals surface area (Å²) in [6, 6.07) is 3.51. The number of likely N-dealkylation sites (tertiary alicyclic amines) is 2. The van der Waals surface area contributed by atoms with Gasteiger partial charge in [-0.15, -0.1) is 0 Å². The van der Waals surface area contributed by atoms with E-state index in [4.69, 9.17) is 0 Å². The molecule has 1 atom stereocenters. The monoisotopic (exact) mass is 537 g/mol. The highest BCUT2D eigenvalue weighted by Crippen LogP contribution is 2.33. The topological polar surface area (TPSA) is 59.1 Å². The van der Waals surface area contributed by atoms with Crippen LogP contribution in [0, 0.1) is 0 Å². The highest BCUT2D eigenvalue weighted by molar-refractivity contribution is 5.87. The van der Waals surface area contributed by atoms with E-state index in [-0.39, 0.29) is 30.3 Å². The number of benzene rings is 1. The second-order valence-electron chi connectivity index (χ2n) is 11.0. The predicted molar refractivity (Wildman–Crippen MR) is 141 cm³/mol. The van der Waals surface area contributed by atoms with Crippen molar-refractivity contribution >= 4 is 11.9 Å². The largest absolute Gasteiger partial charge is 0.416 e. The number of hydrogen-bond acceptors (Lipinski definition) is 4. The average molecular weight is 538 g/mol. The first-order valence-corrected chi connectivity index (χ1v) is 14.1. The van der Waals surface area contributed by atoms with Crippen LogP contribution in [0.25, 0.3) is 0 Å². The molecule has 1 aromatic rings. The van der Waals surface area contributed by atoms with E-state index in [1.165, 1.54) is 6.07 Å². The Morgan fingerprint density at radius 2 is 1.61 bits per heavy atom. The average Bonchev–Trinajstić information content (AvgIpc) is 2.92. The molecule has 3 amide bonds. The van der Waals surface area contributed by atoms with E-state index in [1.54, 1.807) is 22.8 Å². The Hall–Kier alpha value is -2.33. The maximum absolute atomic E-state index is 13.7. The summed E-state index contributed by atoms with van der Waals surface area (Å²) in [4.78, 5) is 35.1. The number of carbonyl (C=O) groups excluding carboxylic acids is 2. The first-order chi connectivity index (χ1) is 18.2. The molecule has 3 aliphatic heterocycles. The third kappa shape index (κ3) is 7.20. The van der Waals surface area contributed by atoms with Gasteiger partial charge >= 0.3 is 12.2 Å². The van der Waals surface area contributed by atoms with Crippen LogP contribution in [-0.2, 0) is 23.8 Å². The number of hydrogen-bond donors (Lipinski definition) is 1.